The van der Waals surface area contributed by atoms with Gasteiger partial charge in [0, 0.05) is 17.9 Å². The smallest absolute Gasteiger partial charge is 0.193 e. The molecule has 0 aliphatic heterocycles. The minimum Gasteiger partial charge on any atom is -0.370 e. The highest BCUT2D eigenvalue weighted by Crippen LogP contribution is 2.18. The second-order valence-electron chi connectivity index (χ2n) is 5.80. The maximum absolute atomic E-state index is 5.94. The highest BCUT2D eigenvalue weighted by molar-refractivity contribution is 14.0. The Balaban J connectivity index is 0.00000264. The molecule has 2 aromatic rings. The first-order chi connectivity index (χ1) is 10.6. The van der Waals surface area contributed by atoms with E-state index in [1.165, 1.54) is 11.1 Å². The molecule has 6 heteroatoms. The number of H-pyrrole nitrogens is 1. The molecule has 126 valence electrons. The molecule has 1 aromatic carbocycles. The summed E-state index contributed by atoms with van der Waals surface area (Å²) in [6, 6.07) is 8.27. The molecule has 5 nitrogen and oxygen atoms in total. The molecule has 0 atom stereocenters. The van der Waals surface area contributed by atoms with E-state index in [1.807, 2.05) is 25.3 Å². The summed E-state index contributed by atoms with van der Waals surface area (Å²) in [4.78, 5) is 4.38. The third kappa shape index (κ3) is 6.21. The fourth-order valence-electron chi connectivity index (χ4n) is 2.26. The molecule has 0 amide bonds. The maximum atomic E-state index is 5.94. The Hall–Kier alpha value is -1.57. The van der Waals surface area contributed by atoms with Crippen LogP contribution in [0.3, 0.4) is 0 Å². The number of halogens is 1. The summed E-state index contributed by atoms with van der Waals surface area (Å²) < 4.78 is 0. The molecule has 1 heterocycles. The van der Waals surface area contributed by atoms with E-state index in [0.29, 0.717) is 18.4 Å². The normalized spacial score (nSPS) is 11.4. The molecule has 0 saturated heterocycles. The standard InChI is InChI=1S/C17H25N5.HI/c1-12(2)14-6-4-8-16(10-14)21-17(18)19-9-5-7-15-11-20-22-13(15)3;/h4,6,8,10-12H,5,7,9H2,1-3H3,(H,20,22)(H3,18,19,21);1H. The van der Waals surface area contributed by atoms with Crippen molar-refractivity contribution in [3.05, 3.63) is 47.3 Å². The first kappa shape index (κ1) is 19.5. The van der Waals surface area contributed by atoms with Gasteiger partial charge < -0.3 is 11.1 Å². The first-order valence-corrected chi connectivity index (χ1v) is 7.72. The zero-order valence-corrected chi connectivity index (χ0v) is 16.3. The Morgan fingerprint density at radius 3 is 2.83 bits per heavy atom. The van der Waals surface area contributed by atoms with Gasteiger partial charge in [0.15, 0.2) is 5.96 Å². The number of benzene rings is 1. The van der Waals surface area contributed by atoms with Gasteiger partial charge in [-0.3, -0.25) is 10.1 Å². The Morgan fingerprint density at radius 2 is 2.17 bits per heavy atom. The Morgan fingerprint density at radius 1 is 1.39 bits per heavy atom. The number of nitrogens with one attached hydrogen (secondary N) is 2. The molecule has 2 rings (SSSR count). The number of aryl methyl sites for hydroxylation is 2. The molecule has 0 spiro atoms. The monoisotopic (exact) mass is 427 g/mol. The van der Waals surface area contributed by atoms with E-state index < -0.39 is 0 Å². The largest absolute Gasteiger partial charge is 0.370 e. The molecule has 0 radical (unpaired) electrons. The quantitative estimate of drug-likeness (QED) is 0.284. The van der Waals surface area contributed by atoms with Crippen LogP contribution in [-0.2, 0) is 6.42 Å². The summed E-state index contributed by atoms with van der Waals surface area (Å²) in [5, 5.41) is 10.1. The van der Waals surface area contributed by atoms with Crippen LogP contribution in [0, 0.1) is 6.92 Å². The molecular formula is C17H26IN5. The van der Waals surface area contributed by atoms with Crippen LogP contribution in [0.2, 0.25) is 0 Å². The van der Waals surface area contributed by atoms with Crippen LogP contribution in [-0.4, -0.2) is 22.7 Å². The molecule has 23 heavy (non-hydrogen) atoms. The molecule has 0 bridgehead atoms. The average molecular weight is 427 g/mol. The van der Waals surface area contributed by atoms with Crippen molar-refractivity contribution < 1.29 is 0 Å². The van der Waals surface area contributed by atoms with E-state index in [-0.39, 0.29) is 24.0 Å². The number of nitrogens with two attached hydrogens (primary N) is 1. The first-order valence-electron chi connectivity index (χ1n) is 7.72. The number of nitrogens with zero attached hydrogens (tertiary/aromatic N) is 2. The molecule has 1 aromatic heterocycles. The summed E-state index contributed by atoms with van der Waals surface area (Å²) in [5.41, 5.74) is 10.6. The van der Waals surface area contributed by atoms with E-state index in [0.717, 1.165) is 24.2 Å². The fourth-order valence-corrected chi connectivity index (χ4v) is 2.26. The molecule has 4 N–H and O–H groups in total. The van der Waals surface area contributed by atoms with Crippen molar-refractivity contribution >= 4 is 35.6 Å². The predicted octanol–water partition coefficient (Wildman–Crippen LogP) is 3.82. The molecule has 0 fully saturated rings. The topological polar surface area (TPSA) is 79.1 Å². The highest BCUT2D eigenvalue weighted by Gasteiger charge is 2.02. The number of rotatable bonds is 6. The highest BCUT2D eigenvalue weighted by atomic mass is 127. The van der Waals surface area contributed by atoms with Crippen molar-refractivity contribution in [2.24, 2.45) is 10.7 Å². The van der Waals surface area contributed by atoms with E-state index in [9.17, 15) is 0 Å². The van der Waals surface area contributed by atoms with Crippen molar-refractivity contribution in [3.63, 3.8) is 0 Å². The number of guanidine groups is 1. The van der Waals surface area contributed by atoms with Gasteiger partial charge >= 0.3 is 0 Å². The third-order valence-corrected chi connectivity index (χ3v) is 3.65. The third-order valence-electron chi connectivity index (χ3n) is 3.65. The zero-order valence-electron chi connectivity index (χ0n) is 14.0. The van der Waals surface area contributed by atoms with Gasteiger partial charge in [-0.15, -0.1) is 24.0 Å². The summed E-state index contributed by atoms with van der Waals surface area (Å²) in [7, 11) is 0. The molecular weight excluding hydrogens is 401 g/mol. The van der Waals surface area contributed by atoms with Crippen molar-refractivity contribution in [2.75, 3.05) is 11.9 Å². The summed E-state index contributed by atoms with van der Waals surface area (Å²) in [6.07, 6.45) is 3.79. The second kappa shape index (κ2) is 9.54. The van der Waals surface area contributed by atoms with Crippen LogP contribution in [0.5, 0.6) is 0 Å². The number of hydrogen-bond donors (Lipinski definition) is 3. The van der Waals surface area contributed by atoms with Crippen LogP contribution >= 0.6 is 24.0 Å². The Kier molecular flexibility index (Phi) is 8.08. The lowest BCUT2D eigenvalue weighted by Gasteiger charge is -2.10. The number of hydrogen-bond acceptors (Lipinski definition) is 2. The van der Waals surface area contributed by atoms with Crippen molar-refractivity contribution in [2.45, 2.75) is 39.5 Å². The number of aromatic nitrogens is 2. The van der Waals surface area contributed by atoms with Gasteiger partial charge in [-0.1, -0.05) is 26.0 Å². The van der Waals surface area contributed by atoms with E-state index >= 15 is 0 Å². The minimum absolute atomic E-state index is 0. The molecule has 0 unspecified atom stereocenters. The Labute approximate surface area is 155 Å². The second-order valence-corrected chi connectivity index (χ2v) is 5.80. The van der Waals surface area contributed by atoms with Gasteiger partial charge in [-0.2, -0.15) is 5.10 Å². The lowest BCUT2D eigenvalue weighted by Crippen LogP contribution is -2.23. The molecule has 0 saturated carbocycles. The minimum atomic E-state index is 0. The average Bonchev–Trinajstić information content (AvgIpc) is 2.89. The lowest BCUT2D eigenvalue weighted by molar-refractivity contribution is 0.827. The number of aromatic amines is 1. The van der Waals surface area contributed by atoms with Gasteiger partial charge in [-0.25, -0.2) is 0 Å². The maximum Gasteiger partial charge on any atom is 0.193 e. The van der Waals surface area contributed by atoms with Gasteiger partial charge in [0.25, 0.3) is 0 Å². The lowest BCUT2D eigenvalue weighted by atomic mass is 10.0. The summed E-state index contributed by atoms with van der Waals surface area (Å²) >= 11 is 0. The Bertz CT molecular complexity index is 633. The van der Waals surface area contributed by atoms with Crippen LogP contribution in [0.1, 0.15) is 43.0 Å². The van der Waals surface area contributed by atoms with Crippen LogP contribution in [0.25, 0.3) is 0 Å². The predicted molar refractivity (Wildman–Crippen MR) is 108 cm³/mol. The SMILES string of the molecule is Cc1[nH]ncc1CCCN=C(N)Nc1cccc(C(C)C)c1.I. The van der Waals surface area contributed by atoms with E-state index in [2.05, 4.69) is 46.5 Å². The van der Waals surface area contributed by atoms with E-state index in [1.54, 1.807) is 0 Å². The molecule has 0 aliphatic carbocycles. The van der Waals surface area contributed by atoms with Crippen molar-refractivity contribution in [3.8, 4) is 0 Å². The molecule has 0 aliphatic rings. The summed E-state index contributed by atoms with van der Waals surface area (Å²) in [6.45, 7) is 7.08. The van der Waals surface area contributed by atoms with Crippen molar-refractivity contribution in [1.29, 1.82) is 0 Å². The van der Waals surface area contributed by atoms with Crippen LogP contribution < -0.4 is 11.1 Å². The summed E-state index contributed by atoms with van der Waals surface area (Å²) in [5.74, 6) is 0.961. The van der Waals surface area contributed by atoms with Gasteiger partial charge in [0.1, 0.15) is 0 Å². The van der Waals surface area contributed by atoms with Gasteiger partial charge in [-0.05, 0) is 48.9 Å². The van der Waals surface area contributed by atoms with Crippen molar-refractivity contribution in [1.82, 2.24) is 10.2 Å². The van der Waals surface area contributed by atoms with Crippen LogP contribution in [0.15, 0.2) is 35.5 Å². The zero-order chi connectivity index (χ0) is 15.9. The van der Waals surface area contributed by atoms with Gasteiger partial charge in [0.05, 0.1) is 6.20 Å². The van der Waals surface area contributed by atoms with E-state index in [4.69, 9.17) is 5.73 Å². The fraction of sp³-hybridized carbons (Fsp3) is 0.412. The number of anilines is 1. The van der Waals surface area contributed by atoms with Gasteiger partial charge in [0.2, 0.25) is 0 Å². The van der Waals surface area contributed by atoms with Crippen LogP contribution in [0.4, 0.5) is 5.69 Å². The number of aliphatic imine (C=N–C) groups is 1.